The van der Waals surface area contributed by atoms with Crippen molar-refractivity contribution in [2.24, 2.45) is 0 Å². The smallest absolute Gasteiger partial charge is 0.122 e. The van der Waals surface area contributed by atoms with E-state index in [0.717, 1.165) is 29.3 Å². The minimum atomic E-state index is 0.212. The van der Waals surface area contributed by atoms with Gasteiger partial charge in [0.25, 0.3) is 0 Å². The van der Waals surface area contributed by atoms with E-state index in [0.29, 0.717) is 6.42 Å². The summed E-state index contributed by atoms with van der Waals surface area (Å²) in [6.07, 6.45) is 7.05. The molecule has 1 rings (SSSR count). The van der Waals surface area contributed by atoms with Gasteiger partial charge in [-0.1, -0.05) is 13.3 Å². The van der Waals surface area contributed by atoms with Crippen molar-refractivity contribution < 1.29 is 4.79 Å². The molecule has 1 unspecified atom stereocenters. The van der Waals surface area contributed by atoms with Crippen LogP contribution in [0, 0.1) is 0 Å². The zero-order valence-corrected chi connectivity index (χ0v) is 10.3. The molecule has 82 valence electrons. The van der Waals surface area contributed by atoms with E-state index in [4.69, 9.17) is 0 Å². The second-order valence-electron chi connectivity index (χ2n) is 3.42. The Labute approximate surface area is 98.4 Å². The highest BCUT2D eigenvalue weighted by molar-refractivity contribution is 9.10. The second-order valence-corrected chi connectivity index (χ2v) is 4.34. The predicted molar refractivity (Wildman–Crippen MR) is 64.9 cm³/mol. The van der Waals surface area contributed by atoms with Crippen LogP contribution in [-0.2, 0) is 4.79 Å². The maximum absolute atomic E-state index is 10.5. The molecular weight excluding hydrogens is 256 g/mol. The molecule has 1 heterocycles. The van der Waals surface area contributed by atoms with Gasteiger partial charge in [-0.05, 0) is 28.4 Å². The first-order valence-corrected chi connectivity index (χ1v) is 5.86. The number of nitrogens with one attached hydrogen (secondary N) is 1. The fourth-order valence-corrected chi connectivity index (χ4v) is 1.80. The average molecular weight is 271 g/mol. The number of halogens is 1. The summed E-state index contributed by atoms with van der Waals surface area (Å²) >= 11 is 3.36. The van der Waals surface area contributed by atoms with Crippen LogP contribution in [0.4, 0.5) is 5.69 Å². The van der Waals surface area contributed by atoms with Crippen LogP contribution in [0.2, 0.25) is 0 Å². The number of aldehydes is 1. The lowest BCUT2D eigenvalue weighted by molar-refractivity contribution is -0.108. The standard InChI is InChI=1S/C11H15BrN2O/c1-2-3-10(4-5-15)14-11-6-9(12)7-13-8-11/h5-8,10,14H,2-4H2,1H3. The Hall–Kier alpha value is -0.900. The van der Waals surface area contributed by atoms with Crippen LogP contribution in [0.1, 0.15) is 26.2 Å². The van der Waals surface area contributed by atoms with E-state index >= 15 is 0 Å². The van der Waals surface area contributed by atoms with E-state index < -0.39 is 0 Å². The molecule has 1 aromatic rings. The number of aromatic nitrogens is 1. The summed E-state index contributed by atoms with van der Waals surface area (Å²) in [5.74, 6) is 0. The number of carbonyl (C=O) groups is 1. The van der Waals surface area contributed by atoms with Crippen LogP contribution in [0.3, 0.4) is 0 Å². The van der Waals surface area contributed by atoms with E-state index in [9.17, 15) is 4.79 Å². The second kappa shape index (κ2) is 6.56. The normalized spacial score (nSPS) is 12.1. The van der Waals surface area contributed by atoms with Crippen molar-refractivity contribution in [3.05, 3.63) is 22.9 Å². The maximum Gasteiger partial charge on any atom is 0.122 e. The first-order valence-electron chi connectivity index (χ1n) is 5.07. The van der Waals surface area contributed by atoms with Crippen molar-refractivity contribution in [2.45, 2.75) is 32.2 Å². The highest BCUT2D eigenvalue weighted by Gasteiger charge is 2.06. The van der Waals surface area contributed by atoms with Crippen molar-refractivity contribution in [1.29, 1.82) is 0 Å². The molecule has 0 bridgehead atoms. The number of hydrogen-bond donors (Lipinski definition) is 1. The van der Waals surface area contributed by atoms with Gasteiger partial charge in [0, 0.05) is 23.1 Å². The Morgan fingerprint density at radius 1 is 1.60 bits per heavy atom. The Morgan fingerprint density at radius 3 is 3.00 bits per heavy atom. The van der Waals surface area contributed by atoms with Gasteiger partial charge in [-0.15, -0.1) is 0 Å². The van der Waals surface area contributed by atoms with Crippen LogP contribution < -0.4 is 5.32 Å². The molecule has 0 aliphatic rings. The molecule has 1 atom stereocenters. The molecule has 4 heteroatoms. The number of anilines is 1. The molecule has 0 saturated heterocycles. The minimum Gasteiger partial charge on any atom is -0.381 e. The summed E-state index contributed by atoms with van der Waals surface area (Å²) in [6, 6.07) is 2.17. The van der Waals surface area contributed by atoms with Crippen molar-refractivity contribution in [3.8, 4) is 0 Å². The Kier molecular flexibility index (Phi) is 5.32. The van der Waals surface area contributed by atoms with Gasteiger partial charge >= 0.3 is 0 Å². The third-order valence-electron chi connectivity index (χ3n) is 2.09. The average Bonchev–Trinajstić information content (AvgIpc) is 2.18. The van der Waals surface area contributed by atoms with Crippen LogP contribution in [0.25, 0.3) is 0 Å². The van der Waals surface area contributed by atoms with Crippen LogP contribution >= 0.6 is 15.9 Å². The lowest BCUT2D eigenvalue weighted by atomic mass is 10.1. The lowest BCUT2D eigenvalue weighted by Crippen LogP contribution is -2.19. The SMILES string of the molecule is CCCC(CC=O)Nc1cncc(Br)c1. The summed E-state index contributed by atoms with van der Waals surface area (Å²) in [4.78, 5) is 14.5. The number of hydrogen-bond acceptors (Lipinski definition) is 3. The molecule has 0 amide bonds. The van der Waals surface area contributed by atoms with Gasteiger partial charge in [-0.25, -0.2) is 0 Å². The van der Waals surface area contributed by atoms with Crippen LogP contribution in [0.5, 0.6) is 0 Å². The topological polar surface area (TPSA) is 42.0 Å². The fourth-order valence-electron chi connectivity index (χ4n) is 1.44. The largest absolute Gasteiger partial charge is 0.381 e. The van der Waals surface area contributed by atoms with E-state index in [-0.39, 0.29) is 6.04 Å². The third kappa shape index (κ3) is 4.42. The van der Waals surface area contributed by atoms with Crippen molar-refractivity contribution in [2.75, 3.05) is 5.32 Å². The number of pyridine rings is 1. The minimum absolute atomic E-state index is 0.212. The predicted octanol–water partition coefficient (Wildman–Crippen LogP) is 3.01. The quantitative estimate of drug-likeness (QED) is 0.809. The van der Waals surface area contributed by atoms with Crippen molar-refractivity contribution in [1.82, 2.24) is 4.98 Å². The molecular formula is C11H15BrN2O. The van der Waals surface area contributed by atoms with Crippen LogP contribution in [-0.4, -0.2) is 17.3 Å². The maximum atomic E-state index is 10.5. The molecule has 0 aliphatic carbocycles. The van der Waals surface area contributed by atoms with Crippen molar-refractivity contribution in [3.63, 3.8) is 0 Å². The molecule has 0 saturated carbocycles. The highest BCUT2D eigenvalue weighted by Crippen LogP contribution is 2.16. The summed E-state index contributed by atoms with van der Waals surface area (Å²) in [5, 5.41) is 3.30. The van der Waals surface area contributed by atoms with E-state index in [1.165, 1.54) is 0 Å². The lowest BCUT2D eigenvalue weighted by Gasteiger charge is -2.16. The monoisotopic (exact) mass is 270 g/mol. The first-order chi connectivity index (χ1) is 7.26. The van der Waals surface area contributed by atoms with Gasteiger partial charge in [0.05, 0.1) is 11.9 Å². The molecule has 0 radical (unpaired) electrons. The summed E-state index contributed by atoms with van der Waals surface area (Å²) in [7, 11) is 0. The Morgan fingerprint density at radius 2 is 2.40 bits per heavy atom. The molecule has 1 N–H and O–H groups in total. The fraction of sp³-hybridized carbons (Fsp3) is 0.455. The zero-order chi connectivity index (χ0) is 11.1. The summed E-state index contributed by atoms with van der Waals surface area (Å²) in [6.45, 7) is 2.11. The number of rotatable bonds is 6. The van der Waals surface area contributed by atoms with Gasteiger partial charge in [0.2, 0.25) is 0 Å². The van der Waals surface area contributed by atoms with Gasteiger partial charge in [0.1, 0.15) is 6.29 Å². The van der Waals surface area contributed by atoms with Gasteiger partial charge in [-0.2, -0.15) is 0 Å². The third-order valence-corrected chi connectivity index (χ3v) is 2.53. The van der Waals surface area contributed by atoms with E-state index in [2.05, 4.69) is 33.2 Å². The van der Waals surface area contributed by atoms with Crippen LogP contribution in [0.15, 0.2) is 22.9 Å². The zero-order valence-electron chi connectivity index (χ0n) is 8.74. The summed E-state index contributed by atoms with van der Waals surface area (Å²) < 4.78 is 0.939. The Balaban J connectivity index is 2.60. The molecule has 0 fully saturated rings. The number of carbonyl (C=O) groups excluding carboxylic acids is 1. The summed E-state index contributed by atoms with van der Waals surface area (Å²) in [5.41, 5.74) is 0.949. The molecule has 0 aromatic carbocycles. The molecule has 15 heavy (non-hydrogen) atoms. The molecule has 1 aromatic heterocycles. The molecule has 3 nitrogen and oxygen atoms in total. The van der Waals surface area contributed by atoms with Gasteiger partial charge < -0.3 is 10.1 Å². The van der Waals surface area contributed by atoms with E-state index in [1.807, 2.05) is 6.07 Å². The van der Waals surface area contributed by atoms with Gasteiger partial charge in [-0.3, -0.25) is 4.98 Å². The molecule has 0 spiro atoms. The van der Waals surface area contributed by atoms with Crippen molar-refractivity contribution >= 4 is 27.9 Å². The highest BCUT2D eigenvalue weighted by atomic mass is 79.9. The Bertz CT molecular complexity index is 317. The molecule has 0 aliphatic heterocycles. The number of nitrogens with zero attached hydrogens (tertiary/aromatic N) is 1. The van der Waals surface area contributed by atoms with E-state index in [1.54, 1.807) is 12.4 Å². The van der Waals surface area contributed by atoms with Gasteiger partial charge in [0.15, 0.2) is 0 Å². The first kappa shape index (κ1) is 12.2.